The molecule has 0 aliphatic carbocycles. The molecule has 2 N–H and O–H groups in total. The van der Waals surface area contributed by atoms with Crippen molar-refractivity contribution in [2.24, 2.45) is 5.92 Å². The van der Waals surface area contributed by atoms with Crippen molar-refractivity contribution in [2.75, 3.05) is 24.6 Å². The van der Waals surface area contributed by atoms with Gasteiger partial charge in [-0.25, -0.2) is 0 Å². The van der Waals surface area contributed by atoms with Gasteiger partial charge in [0.1, 0.15) is 0 Å². The van der Waals surface area contributed by atoms with Crippen LogP contribution in [-0.4, -0.2) is 36.5 Å². The zero-order valence-electron chi connectivity index (χ0n) is 10.4. The van der Waals surface area contributed by atoms with Crippen LogP contribution in [-0.2, 0) is 4.79 Å². The summed E-state index contributed by atoms with van der Waals surface area (Å²) in [5.74, 6) is 3.07. The smallest absolute Gasteiger partial charge is 0.220 e. The molecule has 4 heteroatoms. The largest absolute Gasteiger partial charge is 0.353 e. The Kier molecular flexibility index (Phi) is 6.88. The van der Waals surface area contributed by atoms with E-state index in [9.17, 15) is 4.79 Å². The summed E-state index contributed by atoms with van der Waals surface area (Å²) >= 11 is 1.88. The van der Waals surface area contributed by atoms with Gasteiger partial charge in [-0.1, -0.05) is 6.92 Å². The second kappa shape index (κ2) is 7.96. The van der Waals surface area contributed by atoms with Gasteiger partial charge in [-0.05, 0) is 44.5 Å². The van der Waals surface area contributed by atoms with Crippen LogP contribution in [0.15, 0.2) is 0 Å². The average Bonchev–Trinajstić information content (AvgIpc) is 2.76. The number of hydrogen-bond acceptors (Lipinski definition) is 3. The number of nitrogens with one attached hydrogen (secondary N) is 2. The minimum absolute atomic E-state index is 0.219. The summed E-state index contributed by atoms with van der Waals surface area (Å²) in [6, 6.07) is 0.305. The third-order valence-electron chi connectivity index (χ3n) is 2.92. The highest BCUT2D eigenvalue weighted by Crippen LogP contribution is 2.14. The topological polar surface area (TPSA) is 41.1 Å². The first-order valence-electron chi connectivity index (χ1n) is 6.30. The highest BCUT2D eigenvalue weighted by atomic mass is 32.2. The van der Waals surface area contributed by atoms with E-state index in [1.165, 1.54) is 6.42 Å². The second-order valence-corrected chi connectivity index (χ2v) is 5.84. The Morgan fingerprint density at radius 1 is 1.62 bits per heavy atom. The molecule has 94 valence electrons. The fraction of sp³-hybridized carbons (Fsp3) is 0.917. The van der Waals surface area contributed by atoms with Crippen molar-refractivity contribution in [3.05, 3.63) is 0 Å². The highest BCUT2D eigenvalue weighted by Gasteiger charge is 2.16. The number of rotatable bonds is 7. The van der Waals surface area contributed by atoms with Gasteiger partial charge in [0.2, 0.25) is 5.91 Å². The van der Waals surface area contributed by atoms with E-state index in [-0.39, 0.29) is 5.91 Å². The minimum atomic E-state index is 0.219. The number of carbonyl (C=O) groups is 1. The quantitative estimate of drug-likeness (QED) is 0.715. The summed E-state index contributed by atoms with van der Waals surface area (Å²) in [7, 11) is 0. The SMILES string of the molecule is CCSCC(C)NC(=O)CCC1CCNC1. The van der Waals surface area contributed by atoms with Crippen LogP contribution >= 0.6 is 11.8 Å². The minimum Gasteiger partial charge on any atom is -0.353 e. The molecule has 1 fully saturated rings. The monoisotopic (exact) mass is 244 g/mol. The van der Waals surface area contributed by atoms with Gasteiger partial charge in [0.15, 0.2) is 0 Å². The highest BCUT2D eigenvalue weighted by molar-refractivity contribution is 7.99. The lowest BCUT2D eigenvalue weighted by atomic mass is 10.0. The molecule has 1 aliphatic rings. The van der Waals surface area contributed by atoms with Crippen molar-refractivity contribution < 1.29 is 4.79 Å². The summed E-state index contributed by atoms with van der Waals surface area (Å²) < 4.78 is 0. The van der Waals surface area contributed by atoms with Crippen molar-refractivity contribution in [3.8, 4) is 0 Å². The lowest BCUT2D eigenvalue weighted by molar-refractivity contribution is -0.121. The van der Waals surface area contributed by atoms with Crippen LogP contribution in [0.1, 0.15) is 33.1 Å². The van der Waals surface area contributed by atoms with E-state index in [1.54, 1.807) is 0 Å². The molecule has 0 bridgehead atoms. The molecule has 2 atom stereocenters. The molecule has 0 aromatic rings. The first-order valence-corrected chi connectivity index (χ1v) is 7.45. The molecule has 1 heterocycles. The van der Waals surface area contributed by atoms with Gasteiger partial charge >= 0.3 is 0 Å². The molecular weight excluding hydrogens is 220 g/mol. The Morgan fingerprint density at radius 3 is 3.06 bits per heavy atom. The van der Waals surface area contributed by atoms with E-state index in [1.807, 2.05) is 11.8 Å². The van der Waals surface area contributed by atoms with Crippen molar-refractivity contribution in [3.63, 3.8) is 0 Å². The van der Waals surface area contributed by atoms with Crippen molar-refractivity contribution in [1.29, 1.82) is 0 Å². The van der Waals surface area contributed by atoms with Crippen molar-refractivity contribution in [1.82, 2.24) is 10.6 Å². The second-order valence-electron chi connectivity index (χ2n) is 4.53. The summed E-state index contributed by atoms with van der Waals surface area (Å²) in [6.45, 7) is 6.44. The number of carbonyl (C=O) groups excluding carboxylic acids is 1. The Morgan fingerprint density at radius 2 is 2.44 bits per heavy atom. The van der Waals surface area contributed by atoms with Gasteiger partial charge < -0.3 is 10.6 Å². The molecule has 16 heavy (non-hydrogen) atoms. The lowest BCUT2D eigenvalue weighted by Crippen LogP contribution is -2.34. The maximum absolute atomic E-state index is 11.6. The Labute approximate surface area is 103 Å². The van der Waals surface area contributed by atoms with Crippen LogP contribution in [0.3, 0.4) is 0 Å². The maximum Gasteiger partial charge on any atom is 0.220 e. The van der Waals surface area contributed by atoms with Crippen LogP contribution in [0.25, 0.3) is 0 Å². The number of thioether (sulfide) groups is 1. The molecule has 0 radical (unpaired) electrons. The van der Waals surface area contributed by atoms with E-state index in [4.69, 9.17) is 0 Å². The van der Waals surface area contributed by atoms with E-state index in [2.05, 4.69) is 24.5 Å². The molecule has 0 aromatic carbocycles. The normalized spacial score (nSPS) is 22.0. The Balaban J connectivity index is 2.05. The fourth-order valence-corrected chi connectivity index (χ4v) is 2.65. The molecule has 0 aromatic heterocycles. The molecule has 1 amide bonds. The predicted molar refractivity (Wildman–Crippen MR) is 70.8 cm³/mol. The van der Waals surface area contributed by atoms with Crippen LogP contribution in [0, 0.1) is 5.92 Å². The molecule has 2 unspecified atom stereocenters. The first kappa shape index (κ1) is 13.8. The standard InChI is InChI=1S/C12H24N2OS/c1-3-16-9-10(2)14-12(15)5-4-11-6-7-13-8-11/h10-11,13H,3-9H2,1-2H3,(H,14,15). The zero-order chi connectivity index (χ0) is 11.8. The molecule has 0 saturated carbocycles. The Bertz CT molecular complexity index is 205. The third kappa shape index (κ3) is 5.75. The number of hydrogen-bond donors (Lipinski definition) is 2. The number of amides is 1. The summed E-state index contributed by atoms with van der Waals surface area (Å²) in [4.78, 5) is 11.6. The lowest BCUT2D eigenvalue weighted by Gasteiger charge is -2.14. The van der Waals surface area contributed by atoms with E-state index in [0.29, 0.717) is 18.4 Å². The van der Waals surface area contributed by atoms with Gasteiger partial charge in [0.25, 0.3) is 0 Å². The zero-order valence-corrected chi connectivity index (χ0v) is 11.2. The van der Waals surface area contributed by atoms with Gasteiger partial charge in [0, 0.05) is 18.2 Å². The maximum atomic E-state index is 11.6. The first-order chi connectivity index (χ1) is 7.72. The predicted octanol–water partition coefficient (Wildman–Crippen LogP) is 1.63. The average molecular weight is 244 g/mol. The van der Waals surface area contributed by atoms with Gasteiger partial charge in [-0.2, -0.15) is 11.8 Å². The molecule has 1 aliphatic heterocycles. The van der Waals surface area contributed by atoms with Crippen LogP contribution < -0.4 is 10.6 Å². The van der Waals surface area contributed by atoms with E-state index in [0.717, 1.165) is 31.0 Å². The van der Waals surface area contributed by atoms with Crippen molar-refractivity contribution in [2.45, 2.75) is 39.2 Å². The summed E-state index contributed by atoms with van der Waals surface area (Å²) in [5.41, 5.74) is 0. The van der Waals surface area contributed by atoms with Crippen molar-refractivity contribution >= 4 is 17.7 Å². The van der Waals surface area contributed by atoms with Gasteiger partial charge in [-0.3, -0.25) is 4.79 Å². The van der Waals surface area contributed by atoms with Crippen LogP contribution in [0.2, 0.25) is 0 Å². The van der Waals surface area contributed by atoms with E-state index >= 15 is 0 Å². The fourth-order valence-electron chi connectivity index (χ4n) is 1.98. The van der Waals surface area contributed by atoms with Gasteiger partial charge in [0.05, 0.1) is 0 Å². The molecule has 1 saturated heterocycles. The Hall–Kier alpha value is -0.220. The molecular formula is C12H24N2OS. The summed E-state index contributed by atoms with van der Waals surface area (Å²) in [6.07, 6.45) is 2.95. The molecule has 3 nitrogen and oxygen atoms in total. The molecule has 0 spiro atoms. The van der Waals surface area contributed by atoms with Gasteiger partial charge in [-0.15, -0.1) is 0 Å². The van der Waals surface area contributed by atoms with Crippen LogP contribution in [0.4, 0.5) is 0 Å². The third-order valence-corrected chi connectivity index (χ3v) is 4.07. The van der Waals surface area contributed by atoms with Crippen LogP contribution in [0.5, 0.6) is 0 Å². The molecule has 1 rings (SSSR count). The van der Waals surface area contributed by atoms with E-state index < -0.39 is 0 Å². The summed E-state index contributed by atoms with van der Waals surface area (Å²) in [5, 5.41) is 6.39.